The van der Waals surface area contributed by atoms with E-state index in [9.17, 15) is 9.90 Å². The van der Waals surface area contributed by atoms with E-state index in [0.717, 1.165) is 13.1 Å². The van der Waals surface area contributed by atoms with E-state index < -0.39 is 6.10 Å². The van der Waals surface area contributed by atoms with E-state index in [1.54, 1.807) is 6.92 Å². The Hall–Kier alpha value is -0.650. The summed E-state index contributed by atoms with van der Waals surface area (Å²) in [4.78, 5) is 11.1. The Bertz CT molecular complexity index is 205. The number of nitrogens with zero attached hydrogens (tertiary/aromatic N) is 1. The first kappa shape index (κ1) is 13.4. The van der Waals surface area contributed by atoms with Crippen LogP contribution in [0.1, 0.15) is 32.6 Å². The van der Waals surface area contributed by atoms with Crippen LogP contribution in [0.4, 0.5) is 0 Å². The number of hydrogen-bond acceptors (Lipinski definition) is 5. The predicted molar refractivity (Wildman–Crippen MR) is 60.7 cm³/mol. The van der Waals surface area contributed by atoms with Crippen LogP contribution in [-0.4, -0.2) is 48.4 Å². The summed E-state index contributed by atoms with van der Waals surface area (Å²) in [5, 5.41) is 11.7. The molecule has 1 fully saturated rings. The molecule has 0 aromatic rings. The van der Waals surface area contributed by atoms with Crippen molar-refractivity contribution in [3.05, 3.63) is 0 Å². The molecule has 1 heterocycles. The van der Waals surface area contributed by atoms with Gasteiger partial charge in [0.25, 0.3) is 0 Å². The first-order valence-electron chi connectivity index (χ1n) is 6.04. The van der Waals surface area contributed by atoms with Gasteiger partial charge in [-0.3, -0.25) is 10.2 Å². The fraction of sp³-hybridized carbons (Fsp3) is 0.909. The maximum absolute atomic E-state index is 11.1. The second-order valence-electron chi connectivity index (χ2n) is 4.07. The molecular weight excluding hydrogens is 208 g/mol. The molecule has 16 heavy (non-hydrogen) atoms. The number of aliphatic hydroxyl groups excluding tert-OH is 1. The largest absolute Gasteiger partial charge is 0.466 e. The summed E-state index contributed by atoms with van der Waals surface area (Å²) in [6.07, 6.45) is 3.07. The molecule has 94 valence electrons. The van der Waals surface area contributed by atoms with E-state index in [1.807, 2.05) is 0 Å². The van der Waals surface area contributed by atoms with E-state index in [0.29, 0.717) is 13.2 Å². The zero-order valence-corrected chi connectivity index (χ0v) is 9.95. The molecule has 1 saturated heterocycles. The highest BCUT2D eigenvalue weighted by molar-refractivity contribution is 5.69. The van der Waals surface area contributed by atoms with Crippen LogP contribution in [0, 0.1) is 0 Å². The fourth-order valence-corrected chi connectivity index (χ4v) is 1.77. The molecule has 0 saturated carbocycles. The smallest absolute Gasteiger partial charge is 0.308 e. The third-order valence-corrected chi connectivity index (χ3v) is 2.61. The molecule has 1 aliphatic heterocycles. The molecule has 5 nitrogen and oxygen atoms in total. The topological polar surface area (TPSA) is 61.8 Å². The van der Waals surface area contributed by atoms with Gasteiger partial charge in [0.15, 0.2) is 0 Å². The monoisotopic (exact) mass is 230 g/mol. The molecule has 0 amide bonds. The van der Waals surface area contributed by atoms with E-state index >= 15 is 0 Å². The molecular formula is C11H22N2O3. The number of nitrogens with one attached hydrogen (secondary N) is 1. The Morgan fingerprint density at radius 2 is 2.12 bits per heavy atom. The summed E-state index contributed by atoms with van der Waals surface area (Å²) in [7, 11) is 0. The number of carbonyl (C=O) groups excluding carboxylic acids is 1. The molecule has 0 aromatic heterocycles. The summed E-state index contributed by atoms with van der Waals surface area (Å²) < 4.78 is 4.76. The van der Waals surface area contributed by atoms with Gasteiger partial charge in [-0.1, -0.05) is 6.42 Å². The van der Waals surface area contributed by atoms with Crippen molar-refractivity contribution in [2.75, 3.05) is 26.2 Å². The molecule has 0 aromatic carbocycles. The van der Waals surface area contributed by atoms with Crippen molar-refractivity contribution >= 4 is 5.97 Å². The second kappa shape index (κ2) is 7.60. The molecule has 1 unspecified atom stereocenters. The highest BCUT2D eigenvalue weighted by Crippen LogP contribution is 2.05. The second-order valence-corrected chi connectivity index (χ2v) is 4.07. The Labute approximate surface area is 96.7 Å². The van der Waals surface area contributed by atoms with Gasteiger partial charge in [0.1, 0.15) is 0 Å². The van der Waals surface area contributed by atoms with Gasteiger partial charge in [-0.25, -0.2) is 5.01 Å². The third-order valence-electron chi connectivity index (χ3n) is 2.61. The average Bonchev–Trinajstić information content (AvgIpc) is 2.28. The van der Waals surface area contributed by atoms with Crippen LogP contribution in [0.3, 0.4) is 0 Å². The molecule has 0 spiro atoms. The minimum Gasteiger partial charge on any atom is -0.466 e. The molecule has 5 heteroatoms. The fourth-order valence-electron chi connectivity index (χ4n) is 1.77. The quantitative estimate of drug-likeness (QED) is 0.642. The highest BCUT2D eigenvalue weighted by Gasteiger charge is 2.14. The zero-order valence-electron chi connectivity index (χ0n) is 9.95. The molecule has 1 atom stereocenters. The molecule has 1 aliphatic rings. The van der Waals surface area contributed by atoms with Crippen molar-refractivity contribution in [2.45, 2.75) is 38.7 Å². The van der Waals surface area contributed by atoms with Crippen molar-refractivity contribution in [2.24, 2.45) is 0 Å². The van der Waals surface area contributed by atoms with Crippen LogP contribution >= 0.6 is 0 Å². The first-order chi connectivity index (χ1) is 7.72. The van der Waals surface area contributed by atoms with Crippen LogP contribution in [0.25, 0.3) is 0 Å². The number of ether oxygens (including phenoxy) is 1. The van der Waals surface area contributed by atoms with Crippen molar-refractivity contribution in [1.29, 1.82) is 0 Å². The van der Waals surface area contributed by atoms with Crippen LogP contribution in [0.5, 0.6) is 0 Å². The van der Waals surface area contributed by atoms with Crippen molar-refractivity contribution in [3.8, 4) is 0 Å². The van der Waals surface area contributed by atoms with Gasteiger partial charge < -0.3 is 9.84 Å². The van der Waals surface area contributed by atoms with Gasteiger partial charge in [-0.05, 0) is 19.8 Å². The summed E-state index contributed by atoms with van der Waals surface area (Å²) in [5.41, 5.74) is 3.14. The van der Waals surface area contributed by atoms with Crippen molar-refractivity contribution < 1.29 is 14.6 Å². The number of piperidine rings is 1. The van der Waals surface area contributed by atoms with E-state index in [1.165, 1.54) is 19.3 Å². The number of esters is 1. The van der Waals surface area contributed by atoms with Gasteiger partial charge >= 0.3 is 5.97 Å². The summed E-state index contributed by atoms with van der Waals surface area (Å²) in [6, 6.07) is 0. The van der Waals surface area contributed by atoms with Gasteiger partial charge in [-0.15, -0.1) is 0 Å². The van der Waals surface area contributed by atoms with Crippen LogP contribution < -0.4 is 5.43 Å². The van der Waals surface area contributed by atoms with Gasteiger partial charge in [-0.2, -0.15) is 0 Å². The molecule has 0 radical (unpaired) electrons. The van der Waals surface area contributed by atoms with Crippen LogP contribution in [0.15, 0.2) is 0 Å². The third kappa shape index (κ3) is 5.44. The first-order valence-corrected chi connectivity index (χ1v) is 6.04. The molecule has 0 bridgehead atoms. The lowest BCUT2D eigenvalue weighted by atomic mass is 10.2. The lowest BCUT2D eigenvalue weighted by Gasteiger charge is -2.28. The predicted octanol–water partition coefficient (Wildman–Crippen LogP) is 0.291. The van der Waals surface area contributed by atoms with E-state index in [2.05, 4.69) is 10.4 Å². The number of hydrogen-bond donors (Lipinski definition) is 2. The highest BCUT2D eigenvalue weighted by atomic mass is 16.5. The lowest BCUT2D eigenvalue weighted by molar-refractivity contribution is -0.145. The minimum atomic E-state index is -0.666. The summed E-state index contributed by atoms with van der Waals surface area (Å²) in [5.74, 6) is -0.338. The minimum absolute atomic E-state index is 0.0642. The normalized spacial score (nSPS) is 19.4. The summed E-state index contributed by atoms with van der Waals surface area (Å²) >= 11 is 0. The van der Waals surface area contributed by atoms with Crippen LogP contribution in [0.2, 0.25) is 0 Å². The number of rotatable bonds is 6. The Balaban J connectivity index is 2.08. The van der Waals surface area contributed by atoms with Gasteiger partial charge in [0.05, 0.1) is 19.1 Å². The van der Waals surface area contributed by atoms with E-state index in [-0.39, 0.29) is 12.4 Å². The number of carbonyl (C=O) groups is 1. The van der Waals surface area contributed by atoms with E-state index in [4.69, 9.17) is 4.74 Å². The van der Waals surface area contributed by atoms with Gasteiger partial charge in [0, 0.05) is 19.6 Å². The number of hydrazine groups is 1. The summed E-state index contributed by atoms with van der Waals surface area (Å²) in [6.45, 7) is 4.58. The standard InChI is InChI=1S/C11H22N2O3/c1-2-16-11(15)8-10(14)9-12-13-6-4-3-5-7-13/h10,12,14H,2-9H2,1H3. The molecule has 1 rings (SSSR count). The molecule has 2 N–H and O–H groups in total. The Morgan fingerprint density at radius 1 is 1.44 bits per heavy atom. The van der Waals surface area contributed by atoms with Crippen molar-refractivity contribution in [1.82, 2.24) is 10.4 Å². The zero-order chi connectivity index (χ0) is 11.8. The Kier molecular flexibility index (Phi) is 6.37. The maximum Gasteiger partial charge on any atom is 0.308 e. The SMILES string of the molecule is CCOC(=O)CC(O)CNN1CCCCC1. The maximum atomic E-state index is 11.1. The van der Waals surface area contributed by atoms with Gasteiger partial charge in [0.2, 0.25) is 0 Å². The average molecular weight is 230 g/mol. The van der Waals surface area contributed by atoms with Crippen LogP contribution in [-0.2, 0) is 9.53 Å². The Morgan fingerprint density at radius 3 is 2.75 bits per heavy atom. The lowest BCUT2D eigenvalue weighted by Crippen LogP contribution is -2.45. The molecule has 0 aliphatic carbocycles. The number of aliphatic hydroxyl groups is 1. The van der Waals surface area contributed by atoms with Crippen molar-refractivity contribution in [3.63, 3.8) is 0 Å².